The van der Waals surface area contributed by atoms with E-state index in [2.05, 4.69) is 59.2 Å². The Balaban J connectivity index is 2.06. The molecule has 0 saturated heterocycles. The largest absolute Gasteiger partial charge is 0.206 e. The predicted molar refractivity (Wildman–Crippen MR) is 73.5 cm³/mol. The lowest BCUT2D eigenvalue weighted by molar-refractivity contribution is -0.778. The summed E-state index contributed by atoms with van der Waals surface area (Å²) in [7, 11) is 0. The van der Waals surface area contributed by atoms with Gasteiger partial charge >= 0.3 is 0 Å². The standard InChI is InChI=1S/C16H18N2/c1-3-15-7-5-9-17(13-15)11-12-18-10-6-8-16(4-2)14-18/h3-10,13-14H,1-2,11-12H2/q+2. The third-order valence-corrected chi connectivity index (χ3v) is 2.85. The molecular formula is C16H18N2+2. The highest BCUT2D eigenvalue weighted by molar-refractivity contribution is 5.43. The van der Waals surface area contributed by atoms with E-state index in [0.717, 1.165) is 24.2 Å². The molecule has 0 aromatic carbocycles. The first-order valence-electron chi connectivity index (χ1n) is 6.05. The van der Waals surface area contributed by atoms with E-state index >= 15 is 0 Å². The summed E-state index contributed by atoms with van der Waals surface area (Å²) in [6.07, 6.45) is 12.1. The molecule has 2 heteroatoms. The lowest BCUT2D eigenvalue weighted by Gasteiger charge is -1.97. The Labute approximate surface area is 108 Å². The average Bonchev–Trinajstić information content (AvgIpc) is 2.45. The van der Waals surface area contributed by atoms with Gasteiger partial charge in [-0.05, 0) is 12.1 Å². The van der Waals surface area contributed by atoms with E-state index in [0.29, 0.717) is 0 Å². The molecule has 2 rings (SSSR count). The smallest absolute Gasteiger partial charge is 0.198 e. The van der Waals surface area contributed by atoms with Crippen molar-refractivity contribution in [3.63, 3.8) is 0 Å². The van der Waals surface area contributed by atoms with Crippen LogP contribution in [0.5, 0.6) is 0 Å². The van der Waals surface area contributed by atoms with Crippen LogP contribution in [0.4, 0.5) is 0 Å². The molecule has 2 aromatic heterocycles. The van der Waals surface area contributed by atoms with E-state index in [-0.39, 0.29) is 0 Å². The lowest BCUT2D eigenvalue weighted by Crippen LogP contribution is -2.44. The van der Waals surface area contributed by atoms with E-state index < -0.39 is 0 Å². The van der Waals surface area contributed by atoms with Crippen LogP contribution in [0.2, 0.25) is 0 Å². The van der Waals surface area contributed by atoms with E-state index in [1.165, 1.54) is 0 Å². The Morgan fingerprint density at radius 2 is 1.28 bits per heavy atom. The molecule has 0 atom stereocenters. The highest BCUT2D eigenvalue weighted by Crippen LogP contribution is 1.96. The van der Waals surface area contributed by atoms with Crippen molar-refractivity contribution in [1.29, 1.82) is 0 Å². The van der Waals surface area contributed by atoms with E-state index in [1.807, 2.05) is 24.3 Å². The minimum Gasteiger partial charge on any atom is -0.198 e. The van der Waals surface area contributed by atoms with Gasteiger partial charge in [0, 0.05) is 23.3 Å². The number of hydrogen-bond donors (Lipinski definition) is 0. The molecule has 90 valence electrons. The Morgan fingerprint density at radius 3 is 1.67 bits per heavy atom. The summed E-state index contributed by atoms with van der Waals surface area (Å²) in [5.74, 6) is 0. The average molecular weight is 238 g/mol. The summed E-state index contributed by atoms with van der Waals surface area (Å²) >= 11 is 0. The fourth-order valence-corrected chi connectivity index (χ4v) is 1.84. The summed E-state index contributed by atoms with van der Waals surface area (Å²) in [4.78, 5) is 0. The van der Waals surface area contributed by atoms with Crippen LogP contribution < -0.4 is 9.13 Å². The van der Waals surface area contributed by atoms with Gasteiger partial charge in [-0.3, -0.25) is 0 Å². The van der Waals surface area contributed by atoms with Crippen LogP contribution in [-0.4, -0.2) is 0 Å². The molecule has 0 saturated carbocycles. The Morgan fingerprint density at radius 1 is 0.833 bits per heavy atom. The van der Waals surface area contributed by atoms with Gasteiger partial charge in [0.2, 0.25) is 13.1 Å². The summed E-state index contributed by atoms with van der Waals surface area (Å²) in [6, 6.07) is 8.19. The highest BCUT2D eigenvalue weighted by atomic mass is 15.0. The van der Waals surface area contributed by atoms with Crippen LogP contribution in [-0.2, 0) is 13.1 Å². The lowest BCUT2D eigenvalue weighted by atomic mass is 10.3. The fourth-order valence-electron chi connectivity index (χ4n) is 1.84. The molecule has 0 bridgehead atoms. The molecule has 0 aliphatic heterocycles. The van der Waals surface area contributed by atoms with Crippen molar-refractivity contribution < 1.29 is 9.13 Å². The molecule has 0 radical (unpaired) electrons. The fraction of sp³-hybridized carbons (Fsp3) is 0.125. The van der Waals surface area contributed by atoms with Crippen LogP contribution in [0.25, 0.3) is 12.2 Å². The molecule has 0 N–H and O–H groups in total. The first-order valence-corrected chi connectivity index (χ1v) is 6.05. The Bertz CT molecular complexity index is 507. The zero-order chi connectivity index (χ0) is 12.8. The zero-order valence-electron chi connectivity index (χ0n) is 10.5. The van der Waals surface area contributed by atoms with Crippen LogP contribution >= 0.6 is 0 Å². The van der Waals surface area contributed by atoms with E-state index in [4.69, 9.17) is 0 Å². The van der Waals surface area contributed by atoms with Gasteiger partial charge in [0.1, 0.15) is 0 Å². The second-order valence-electron chi connectivity index (χ2n) is 4.16. The van der Waals surface area contributed by atoms with Crippen LogP contribution in [0.15, 0.2) is 62.2 Å². The molecule has 0 fully saturated rings. The minimum absolute atomic E-state index is 0.937. The first kappa shape index (κ1) is 12.2. The van der Waals surface area contributed by atoms with Crippen molar-refractivity contribution in [1.82, 2.24) is 0 Å². The predicted octanol–water partition coefficient (Wildman–Crippen LogP) is 2.25. The monoisotopic (exact) mass is 238 g/mol. The van der Waals surface area contributed by atoms with Crippen molar-refractivity contribution in [3.05, 3.63) is 73.3 Å². The Hall–Kier alpha value is -2.22. The third-order valence-electron chi connectivity index (χ3n) is 2.85. The maximum Gasteiger partial charge on any atom is 0.206 e. The molecule has 2 nitrogen and oxygen atoms in total. The molecule has 2 aromatic rings. The van der Waals surface area contributed by atoms with Gasteiger partial charge in [0.25, 0.3) is 0 Å². The zero-order valence-corrected chi connectivity index (χ0v) is 10.5. The first-order chi connectivity index (χ1) is 8.81. The van der Waals surface area contributed by atoms with Gasteiger partial charge in [0.05, 0.1) is 0 Å². The van der Waals surface area contributed by atoms with Gasteiger partial charge in [-0.1, -0.05) is 25.3 Å². The third kappa shape index (κ3) is 3.14. The number of rotatable bonds is 5. The quantitative estimate of drug-likeness (QED) is 0.706. The van der Waals surface area contributed by atoms with Crippen LogP contribution in [0.3, 0.4) is 0 Å². The SMILES string of the molecule is C=Cc1ccc[n+](CC[n+]2cccc(C=C)c2)c1. The minimum atomic E-state index is 0.937. The van der Waals surface area contributed by atoms with Crippen molar-refractivity contribution in [3.8, 4) is 0 Å². The van der Waals surface area contributed by atoms with Crippen molar-refractivity contribution in [2.75, 3.05) is 0 Å². The van der Waals surface area contributed by atoms with Crippen LogP contribution in [0.1, 0.15) is 11.1 Å². The van der Waals surface area contributed by atoms with Gasteiger partial charge < -0.3 is 0 Å². The van der Waals surface area contributed by atoms with Crippen molar-refractivity contribution in [2.24, 2.45) is 0 Å². The molecule has 0 spiro atoms. The van der Waals surface area contributed by atoms with Gasteiger partial charge in [-0.15, -0.1) is 0 Å². The molecule has 2 heterocycles. The number of aryl methyl sites for hydroxylation is 2. The topological polar surface area (TPSA) is 7.76 Å². The van der Waals surface area contributed by atoms with Crippen molar-refractivity contribution in [2.45, 2.75) is 13.1 Å². The summed E-state index contributed by atoms with van der Waals surface area (Å²) in [5.41, 5.74) is 2.28. The molecule has 0 unspecified atom stereocenters. The number of aromatic nitrogens is 2. The van der Waals surface area contributed by atoms with E-state index in [1.54, 1.807) is 0 Å². The molecule has 0 aliphatic rings. The summed E-state index contributed by atoms with van der Waals surface area (Å²) in [5, 5.41) is 0. The van der Waals surface area contributed by atoms with Gasteiger partial charge in [-0.2, -0.15) is 9.13 Å². The molecule has 0 amide bonds. The summed E-state index contributed by atoms with van der Waals surface area (Å²) < 4.78 is 4.34. The van der Waals surface area contributed by atoms with Crippen LogP contribution in [0, 0.1) is 0 Å². The normalized spacial score (nSPS) is 10.0. The molecule has 0 aliphatic carbocycles. The second kappa shape index (κ2) is 5.92. The van der Waals surface area contributed by atoms with E-state index in [9.17, 15) is 0 Å². The second-order valence-corrected chi connectivity index (χ2v) is 4.16. The summed E-state index contributed by atoms with van der Waals surface area (Å²) in [6.45, 7) is 9.44. The highest BCUT2D eigenvalue weighted by Gasteiger charge is 2.06. The van der Waals surface area contributed by atoms with Gasteiger partial charge in [0.15, 0.2) is 24.8 Å². The molecule has 18 heavy (non-hydrogen) atoms. The number of hydrogen-bond acceptors (Lipinski definition) is 0. The van der Waals surface area contributed by atoms with Crippen molar-refractivity contribution >= 4 is 12.2 Å². The number of nitrogens with zero attached hydrogens (tertiary/aromatic N) is 2. The van der Waals surface area contributed by atoms with Gasteiger partial charge in [-0.25, -0.2) is 0 Å². The Kier molecular flexibility index (Phi) is 4.02. The maximum absolute atomic E-state index is 3.78. The maximum atomic E-state index is 3.78. The molecular weight excluding hydrogens is 220 g/mol. The number of pyridine rings is 2.